The highest BCUT2D eigenvalue weighted by Crippen LogP contribution is 2.37. The Morgan fingerprint density at radius 2 is 1.94 bits per heavy atom. The van der Waals surface area contributed by atoms with Crippen molar-refractivity contribution in [1.82, 2.24) is 4.98 Å². The fourth-order valence-corrected chi connectivity index (χ4v) is 1.84. The molecule has 8 heteroatoms. The maximum absolute atomic E-state index is 12.5. The second-order valence-corrected chi connectivity index (χ2v) is 3.63. The molecule has 0 unspecified atom stereocenters. The lowest BCUT2D eigenvalue weighted by molar-refractivity contribution is -0.139. The third kappa shape index (κ3) is 2.67. The molecule has 90 valence electrons. The van der Waals surface area contributed by atoms with Crippen LogP contribution in [0.4, 0.5) is 22.0 Å². The lowest BCUT2D eigenvalue weighted by Crippen LogP contribution is -2.15. The van der Waals surface area contributed by atoms with Crippen molar-refractivity contribution < 1.29 is 22.0 Å². The largest absolute Gasteiger partial charge is 0.419 e. The van der Waals surface area contributed by atoms with E-state index in [2.05, 4.69) is 20.9 Å². The molecule has 0 aliphatic heterocycles. The van der Waals surface area contributed by atoms with E-state index in [0.29, 0.717) is 6.07 Å². The quantitative estimate of drug-likeness (QED) is 0.673. The van der Waals surface area contributed by atoms with Crippen molar-refractivity contribution in [1.29, 1.82) is 0 Å². The molecule has 0 saturated heterocycles. The smallest absolute Gasteiger partial charge is 0.326 e. The van der Waals surface area contributed by atoms with Gasteiger partial charge in [0.05, 0.1) is 5.56 Å². The molecule has 1 aromatic rings. The van der Waals surface area contributed by atoms with E-state index in [1.54, 1.807) is 0 Å². The highest BCUT2D eigenvalue weighted by molar-refractivity contribution is 9.10. The normalized spacial score (nSPS) is 12.2. The molecule has 0 saturated carbocycles. The van der Waals surface area contributed by atoms with Crippen LogP contribution in [0.25, 0.3) is 0 Å². The second-order valence-electron chi connectivity index (χ2n) is 2.87. The van der Waals surface area contributed by atoms with Gasteiger partial charge in [-0.25, -0.2) is 13.8 Å². The van der Waals surface area contributed by atoms with E-state index in [9.17, 15) is 22.0 Å². The number of nitrogens with zero attached hydrogens (tertiary/aromatic N) is 1. The number of nitrogens with two attached hydrogens (primary N) is 1. The van der Waals surface area contributed by atoms with Crippen LogP contribution in [0, 0.1) is 0 Å². The molecule has 0 spiro atoms. The molecule has 0 fully saturated rings. The molecular formula is C8H6BrF5N2. The average Bonchev–Trinajstić information content (AvgIpc) is 2.14. The number of rotatable bonds is 2. The summed E-state index contributed by atoms with van der Waals surface area (Å²) in [6, 6.07) is 0.665. The maximum Gasteiger partial charge on any atom is 0.419 e. The summed E-state index contributed by atoms with van der Waals surface area (Å²) in [6.07, 6.45) is -7.62. The molecule has 0 atom stereocenters. The zero-order valence-corrected chi connectivity index (χ0v) is 9.24. The summed E-state index contributed by atoms with van der Waals surface area (Å²) in [7, 11) is 0. The highest BCUT2D eigenvalue weighted by atomic mass is 79.9. The summed E-state index contributed by atoms with van der Waals surface area (Å²) in [5.74, 6) is 0. The Morgan fingerprint density at radius 1 is 1.38 bits per heavy atom. The van der Waals surface area contributed by atoms with Crippen molar-refractivity contribution in [3.05, 3.63) is 27.5 Å². The summed E-state index contributed by atoms with van der Waals surface area (Å²) in [5.41, 5.74) is 2.83. The SMILES string of the molecule is NCc1cc(C(F)F)nc(Br)c1C(F)(F)F. The van der Waals surface area contributed by atoms with Crippen molar-refractivity contribution in [3.8, 4) is 0 Å². The van der Waals surface area contributed by atoms with E-state index < -0.39 is 40.6 Å². The Morgan fingerprint density at radius 3 is 2.31 bits per heavy atom. The van der Waals surface area contributed by atoms with Gasteiger partial charge >= 0.3 is 6.18 Å². The minimum absolute atomic E-state index is 0.412. The number of hydrogen-bond acceptors (Lipinski definition) is 2. The minimum Gasteiger partial charge on any atom is -0.326 e. The average molecular weight is 305 g/mol. The summed E-state index contributed by atoms with van der Waals surface area (Å²) in [6.45, 7) is -0.490. The summed E-state index contributed by atoms with van der Waals surface area (Å²) < 4.78 is 61.5. The van der Waals surface area contributed by atoms with Gasteiger partial charge in [0.1, 0.15) is 10.3 Å². The molecule has 1 heterocycles. The third-order valence-corrected chi connectivity index (χ3v) is 2.38. The zero-order chi connectivity index (χ0) is 12.5. The molecule has 0 radical (unpaired) electrons. The number of aromatic nitrogens is 1. The van der Waals surface area contributed by atoms with Crippen molar-refractivity contribution in [2.75, 3.05) is 0 Å². The Labute approximate surface area is 95.8 Å². The number of pyridine rings is 1. The first-order valence-electron chi connectivity index (χ1n) is 4.02. The Bertz CT molecular complexity index is 391. The summed E-state index contributed by atoms with van der Waals surface area (Å²) in [5, 5.41) is 0. The van der Waals surface area contributed by atoms with Gasteiger partial charge in [0.2, 0.25) is 0 Å². The van der Waals surface area contributed by atoms with Crippen molar-refractivity contribution in [2.45, 2.75) is 19.1 Å². The fourth-order valence-electron chi connectivity index (χ4n) is 1.16. The number of alkyl halides is 5. The summed E-state index contributed by atoms with van der Waals surface area (Å²) >= 11 is 2.52. The van der Waals surface area contributed by atoms with Gasteiger partial charge in [0, 0.05) is 6.54 Å². The van der Waals surface area contributed by atoms with Crippen LogP contribution in [0.5, 0.6) is 0 Å². The minimum atomic E-state index is -4.68. The Hall–Kier alpha value is -0.760. The van der Waals surface area contributed by atoms with E-state index in [4.69, 9.17) is 5.73 Å². The zero-order valence-electron chi connectivity index (χ0n) is 7.65. The van der Waals surface area contributed by atoms with Crippen LogP contribution in [0.15, 0.2) is 10.7 Å². The van der Waals surface area contributed by atoms with Crippen molar-refractivity contribution in [2.24, 2.45) is 5.73 Å². The van der Waals surface area contributed by atoms with Crippen LogP contribution in [-0.2, 0) is 12.7 Å². The molecule has 2 nitrogen and oxygen atoms in total. The highest BCUT2D eigenvalue weighted by Gasteiger charge is 2.37. The molecule has 0 bridgehead atoms. The fraction of sp³-hybridized carbons (Fsp3) is 0.375. The predicted octanol–water partition coefficient (Wildman–Crippen LogP) is 3.26. The predicted molar refractivity (Wildman–Crippen MR) is 49.8 cm³/mol. The molecule has 0 aliphatic carbocycles. The number of hydrogen-bond donors (Lipinski definition) is 1. The molecule has 0 aromatic carbocycles. The van der Waals surface area contributed by atoms with Crippen LogP contribution >= 0.6 is 15.9 Å². The lowest BCUT2D eigenvalue weighted by Gasteiger charge is -2.14. The number of halogens is 6. The van der Waals surface area contributed by atoms with Crippen LogP contribution in [0.3, 0.4) is 0 Å². The monoisotopic (exact) mass is 304 g/mol. The Kier molecular flexibility index (Phi) is 3.84. The molecule has 1 aromatic heterocycles. The standard InChI is InChI=1S/C8H6BrF5N2/c9-6-5(8(12,13)14)3(2-15)1-4(16-6)7(10)11/h1,7H,2,15H2. The van der Waals surface area contributed by atoms with E-state index in [0.717, 1.165) is 0 Å². The topological polar surface area (TPSA) is 38.9 Å². The van der Waals surface area contributed by atoms with Crippen LogP contribution < -0.4 is 5.73 Å². The second kappa shape index (κ2) is 4.62. The van der Waals surface area contributed by atoms with Gasteiger partial charge in [-0.1, -0.05) is 0 Å². The summed E-state index contributed by atoms with van der Waals surface area (Å²) in [4.78, 5) is 3.14. The first-order chi connectivity index (χ1) is 7.27. The molecule has 2 N–H and O–H groups in total. The van der Waals surface area contributed by atoms with Crippen LogP contribution in [0.2, 0.25) is 0 Å². The first-order valence-corrected chi connectivity index (χ1v) is 4.81. The van der Waals surface area contributed by atoms with Gasteiger partial charge in [-0.05, 0) is 27.6 Å². The maximum atomic E-state index is 12.5. The van der Waals surface area contributed by atoms with Gasteiger partial charge in [0.25, 0.3) is 6.43 Å². The van der Waals surface area contributed by atoms with Crippen LogP contribution in [0.1, 0.15) is 23.2 Å². The molecule has 1 rings (SSSR count). The molecular weight excluding hydrogens is 299 g/mol. The van der Waals surface area contributed by atoms with E-state index in [1.807, 2.05) is 0 Å². The van der Waals surface area contributed by atoms with Gasteiger partial charge in [-0.15, -0.1) is 0 Å². The van der Waals surface area contributed by atoms with E-state index in [-0.39, 0.29) is 0 Å². The Balaban J connectivity index is 3.41. The van der Waals surface area contributed by atoms with E-state index in [1.165, 1.54) is 0 Å². The van der Waals surface area contributed by atoms with Gasteiger partial charge in [-0.2, -0.15) is 13.2 Å². The van der Waals surface area contributed by atoms with Crippen molar-refractivity contribution >= 4 is 15.9 Å². The molecule has 16 heavy (non-hydrogen) atoms. The van der Waals surface area contributed by atoms with Gasteiger partial charge in [0.15, 0.2) is 0 Å². The lowest BCUT2D eigenvalue weighted by atomic mass is 10.1. The van der Waals surface area contributed by atoms with Crippen molar-refractivity contribution in [3.63, 3.8) is 0 Å². The molecule has 0 amide bonds. The third-order valence-electron chi connectivity index (χ3n) is 1.80. The molecule has 0 aliphatic rings. The van der Waals surface area contributed by atoms with Gasteiger partial charge < -0.3 is 5.73 Å². The van der Waals surface area contributed by atoms with Gasteiger partial charge in [-0.3, -0.25) is 0 Å². The van der Waals surface area contributed by atoms with Crippen LogP contribution in [-0.4, -0.2) is 4.98 Å². The first kappa shape index (κ1) is 13.3. The van der Waals surface area contributed by atoms with E-state index >= 15 is 0 Å².